The van der Waals surface area contributed by atoms with Gasteiger partial charge in [-0.25, -0.2) is 0 Å². The zero-order valence-electron chi connectivity index (χ0n) is 11.4. The molecule has 0 aromatic heterocycles. The molecule has 0 aliphatic heterocycles. The summed E-state index contributed by atoms with van der Waals surface area (Å²) in [6.07, 6.45) is 4.63. The van der Waals surface area contributed by atoms with Gasteiger partial charge in [-0.2, -0.15) is 0 Å². The predicted octanol–water partition coefficient (Wildman–Crippen LogP) is 3.40. The van der Waals surface area contributed by atoms with Crippen molar-refractivity contribution in [3.8, 4) is 11.5 Å². The smallest absolute Gasteiger partial charge is 0.133 e. The second kappa shape index (κ2) is 8.38. The van der Waals surface area contributed by atoms with E-state index in [2.05, 4.69) is 27.3 Å². The lowest BCUT2D eigenvalue weighted by atomic mass is 10.1. The molecule has 1 aromatic carbocycles. The molecule has 0 atom stereocenters. The van der Waals surface area contributed by atoms with E-state index in [1.54, 1.807) is 14.2 Å². The van der Waals surface area contributed by atoms with Crippen LogP contribution in [0.3, 0.4) is 0 Å². The highest BCUT2D eigenvalue weighted by Gasteiger charge is 2.09. The van der Waals surface area contributed by atoms with Crippen LogP contribution in [0.5, 0.6) is 11.5 Å². The average Bonchev–Trinajstić information content (AvgIpc) is 2.39. The Kier molecular flexibility index (Phi) is 7.13. The molecule has 4 heteroatoms. The minimum atomic E-state index is 0.862. The van der Waals surface area contributed by atoms with Gasteiger partial charge in [0.25, 0.3) is 0 Å². The Morgan fingerprint density at radius 1 is 1.06 bits per heavy atom. The maximum Gasteiger partial charge on any atom is 0.133 e. The van der Waals surface area contributed by atoms with Gasteiger partial charge in [-0.1, -0.05) is 6.42 Å². The monoisotopic (exact) mass is 315 g/mol. The zero-order valence-corrected chi connectivity index (χ0v) is 13.0. The van der Waals surface area contributed by atoms with Gasteiger partial charge in [0.05, 0.1) is 18.7 Å². The first kappa shape index (κ1) is 15.3. The molecule has 0 spiro atoms. The lowest BCUT2D eigenvalue weighted by molar-refractivity contribution is 0.396. The van der Waals surface area contributed by atoms with Gasteiger partial charge >= 0.3 is 0 Å². The molecule has 0 radical (unpaired) electrons. The van der Waals surface area contributed by atoms with Crippen molar-refractivity contribution in [3.63, 3.8) is 0 Å². The van der Waals surface area contributed by atoms with E-state index in [4.69, 9.17) is 9.47 Å². The van der Waals surface area contributed by atoms with E-state index in [0.717, 1.165) is 28.9 Å². The third kappa shape index (κ3) is 4.50. The highest BCUT2D eigenvalue weighted by atomic mass is 79.9. The first-order valence-electron chi connectivity index (χ1n) is 6.28. The standard InChI is InChI=1S/C14H22BrNO2/c1-16-8-6-4-5-7-11-9-14(18-3)12(15)10-13(11)17-2/h9-10,16H,4-8H2,1-3H3. The predicted molar refractivity (Wildman–Crippen MR) is 78.7 cm³/mol. The molecule has 18 heavy (non-hydrogen) atoms. The number of ether oxygens (including phenoxy) is 2. The van der Waals surface area contributed by atoms with Crippen molar-refractivity contribution in [3.05, 3.63) is 22.2 Å². The van der Waals surface area contributed by atoms with Gasteiger partial charge in [-0.05, 0) is 66.5 Å². The van der Waals surface area contributed by atoms with Gasteiger partial charge in [0.2, 0.25) is 0 Å². The van der Waals surface area contributed by atoms with Crippen LogP contribution >= 0.6 is 15.9 Å². The van der Waals surface area contributed by atoms with E-state index < -0.39 is 0 Å². The Labute approximate surface area is 118 Å². The number of nitrogens with one attached hydrogen (secondary N) is 1. The normalized spacial score (nSPS) is 10.4. The summed E-state index contributed by atoms with van der Waals surface area (Å²) in [5, 5.41) is 3.16. The van der Waals surface area contributed by atoms with Crippen LogP contribution in [0.15, 0.2) is 16.6 Å². The number of rotatable bonds is 8. The van der Waals surface area contributed by atoms with Crippen molar-refractivity contribution in [2.75, 3.05) is 27.8 Å². The van der Waals surface area contributed by atoms with E-state index in [-0.39, 0.29) is 0 Å². The fourth-order valence-electron chi connectivity index (χ4n) is 1.91. The van der Waals surface area contributed by atoms with Crippen LogP contribution in [0.25, 0.3) is 0 Å². The summed E-state index contributed by atoms with van der Waals surface area (Å²) in [7, 11) is 5.38. The van der Waals surface area contributed by atoms with Crippen molar-refractivity contribution in [2.24, 2.45) is 0 Å². The van der Waals surface area contributed by atoms with Crippen LogP contribution in [0.1, 0.15) is 24.8 Å². The maximum atomic E-state index is 5.41. The largest absolute Gasteiger partial charge is 0.496 e. The summed E-state index contributed by atoms with van der Waals surface area (Å²) in [6, 6.07) is 4.03. The SMILES string of the molecule is CNCCCCCc1cc(OC)c(Br)cc1OC. The fourth-order valence-corrected chi connectivity index (χ4v) is 2.40. The molecule has 0 fully saturated rings. The second-order valence-electron chi connectivity index (χ2n) is 4.21. The van der Waals surface area contributed by atoms with E-state index in [0.29, 0.717) is 0 Å². The van der Waals surface area contributed by atoms with Crippen LogP contribution in [0.4, 0.5) is 0 Å². The molecule has 1 rings (SSSR count). The number of methoxy groups -OCH3 is 2. The van der Waals surface area contributed by atoms with Crippen molar-refractivity contribution >= 4 is 15.9 Å². The summed E-state index contributed by atoms with van der Waals surface area (Å²) in [6.45, 7) is 1.08. The highest BCUT2D eigenvalue weighted by Crippen LogP contribution is 2.33. The average molecular weight is 316 g/mol. The Bertz CT molecular complexity index is 369. The van der Waals surface area contributed by atoms with Crippen molar-refractivity contribution in [1.29, 1.82) is 0 Å². The Morgan fingerprint density at radius 3 is 2.39 bits per heavy atom. The summed E-state index contributed by atoms with van der Waals surface area (Å²) in [5.74, 6) is 1.79. The zero-order chi connectivity index (χ0) is 13.4. The van der Waals surface area contributed by atoms with Crippen LogP contribution in [-0.4, -0.2) is 27.8 Å². The first-order chi connectivity index (χ1) is 8.72. The summed E-state index contributed by atoms with van der Waals surface area (Å²) < 4.78 is 11.7. The molecule has 3 nitrogen and oxygen atoms in total. The van der Waals surface area contributed by atoms with Gasteiger partial charge in [-0.3, -0.25) is 0 Å². The maximum absolute atomic E-state index is 5.41. The van der Waals surface area contributed by atoms with E-state index >= 15 is 0 Å². The lowest BCUT2D eigenvalue weighted by Crippen LogP contribution is -2.07. The number of unbranched alkanes of at least 4 members (excludes halogenated alkanes) is 2. The third-order valence-electron chi connectivity index (χ3n) is 2.93. The van der Waals surface area contributed by atoms with Crippen LogP contribution in [-0.2, 0) is 6.42 Å². The molecule has 0 bridgehead atoms. The molecule has 0 heterocycles. The highest BCUT2D eigenvalue weighted by molar-refractivity contribution is 9.10. The van der Waals surface area contributed by atoms with Crippen molar-refractivity contribution in [2.45, 2.75) is 25.7 Å². The second-order valence-corrected chi connectivity index (χ2v) is 5.07. The Hall–Kier alpha value is -0.740. The summed E-state index contributed by atoms with van der Waals surface area (Å²) >= 11 is 3.47. The van der Waals surface area contributed by atoms with Gasteiger partial charge < -0.3 is 14.8 Å². The van der Waals surface area contributed by atoms with Gasteiger partial charge in [0.1, 0.15) is 11.5 Å². The molecule has 0 unspecified atom stereocenters. The molecule has 0 aliphatic rings. The Morgan fingerprint density at radius 2 is 1.78 bits per heavy atom. The van der Waals surface area contributed by atoms with Crippen molar-refractivity contribution < 1.29 is 9.47 Å². The first-order valence-corrected chi connectivity index (χ1v) is 7.07. The lowest BCUT2D eigenvalue weighted by Gasteiger charge is -2.12. The number of benzene rings is 1. The minimum Gasteiger partial charge on any atom is -0.496 e. The topological polar surface area (TPSA) is 30.5 Å². The molecule has 0 amide bonds. The third-order valence-corrected chi connectivity index (χ3v) is 3.55. The van der Waals surface area contributed by atoms with Crippen LogP contribution in [0, 0.1) is 0 Å². The molecule has 1 aromatic rings. The molecule has 102 valence electrons. The van der Waals surface area contributed by atoms with Gasteiger partial charge in [0, 0.05) is 0 Å². The van der Waals surface area contributed by atoms with E-state index in [9.17, 15) is 0 Å². The fraction of sp³-hybridized carbons (Fsp3) is 0.571. The van der Waals surface area contributed by atoms with Crippen LogP contribution < -0.4 is 14.8 Å². The molecular formula is C14H22BrNO2. The number of halogens is 1. The van der Waals surface area contributed by atoms with E-state index in [1.807, 2.05) is 13.1 Å². The molecule has 0 saturated carbocycles. The minimum absolute atomic E-state index is 0.862. The van der Waals surface area contributed by atoms with E-state index in [1.165, 1.54) is 24.8 Å². The van der Waals surface area contributed by atoms with Crippen molar-refractivity contribution in [1.82, 2.24) is 5.32 Å². The number of hydrogen-bond acceptors (Lipinski definition) is 3. The summed E-state index contributed by atoms with van der Waals surface area (Å²) in [5.41, 5.74) is 1.21. The molecule has 0 saturated heterocycles. The molecule has 1 N–H and O–H groups in total. The Balaban J connectivity index is 2.62. The summed E-state index contributed by atoms with van der Waals surface area (Å²) in [4.78, 5) is 0. The number of hydrogen-bond donors (Lipinski definition) is 1. The van der Waals surface area contributed by atoms with Gasteiger partial charge in [0.15, 0.2) is 0 Å². The molecular weight excluding hydrogens is 294 g/mol. The quantitative estimate of drug-likeness (QED) is 0.746. The number of aryl methyl sites for hydroxylation is 1. The molecule has 0 aliphatic carbocycles. The van der Waals surface area contributed by atoms with Crippen LogP contribution in [0.2, 0.25) is 0 Å². The van der Waals surface area contributed by atoms with Gasteiger partial charge in [-0.15, -0.1) is 0 Å².